The number of methoxy groups -OCH3 is 3. The topological polar surface area (TPSA) is 163 Å². The molecule has 7 rings (SSSR count). The monoisotopic (exact) mass is 1040 g/mol. The van der Waals surface area contributed by atoms with Crippen LogP contribution in [0.3, 0.4) is 0 Å². The van der Waals surface area contributed by atoms with E-state index in [1.165, 1.54) is 11.1 Å². The van der Waals surface area contributed by atoms with E-state index in [9.17, 15) is 14.4 Å². The Morgan fingerprint density at radius 1 is 0.689 bits per heavy atom. The number of allylic oxidation sites excluding steroid dienone is 2. The van der Waals surface area contributed by atoms with Gasteiger partial charge in [0.15, 0.2) is 23.0 Å². The van der Waals surface area contributed by atoms with Gasteiger partial charge in [-0.05, 0) is 88.3 Å². The number of likely N-dealkylation sites (N-methyl/N-ethyl adjacent to an activating group) is 1. The number of benzene rings is 3. The smallest absolute Gasteiger partial charge is 0.257 e. The van der Waals surface area contributed by atoms with E-state index in [1.807, 2.05) is 54.1 Å². The lowest BCUT2D eigenvalue weighted by Gasteiger charge is -2.33. The Kier molecular flexibility index (Phi) is 20.0. The fraction of sp³-hybridized carbons (Fsp3) is 0.518. The van der Waals surface area contributed by atoms with Gasteiger partial charge in [-0.3, -0.25) is 24.4 Å². The average Bonchev–Trinajstić information content (AvgIpc) is 3.98. The van der Waals surface area contributed by atoms with Crippen LogP contribution in [-0.4, -0.2) is 175 Å². The second-order valence-corrected chi connectivity index (χ2v) is 20.8. The van der Waals surface area contributed by atoms with Crippen LogP contribution in [0, 0.1) is 0 Å². The van der Waals surface area contributed by atoms with Gasteiger partial charge in [-0.15, -0.1) is 0 Å². The van der Waals surface area contributed by atoms with Crippen LogP contribution in [0.4, 0.5) is 17.1 Å². The maximum absolute atomic E-state index is 13.8. The number of aliphatic imine (C=N–C) groups is 2. The van der Waals surface area contributed by atoms with Crippen LogP contribution >= 0.6 is 11.8 Å². The molecule has 0 bridgehead atoms. The van der Waals surface area contributed by atoms with Gasteiger partial charge in [-0.1, -0.05) is 23.3 Å². The molecule has 0 saturated carbocycles. The van der Waals surface area contributed by atoms with Crippen LogP contribution in [0.2, 0.25) is 0 Å². The SMILES string of the molecule is C/C=C1\C[C@H]2C=Nc3cc(OCc4cc(COc5cc6c(cc5OC)C(=O)N5C/C(=C/C)C[C@H]5C=N6)cc(N(C)CCN(CC(C)(C)SC)C(=O)CCOCCOCCOCCOC)c4)c(OC)cc3C(=O)N2C1. The van der Waals surface area contributed by atoms with Crippen molar-refractivity contribution in [3.63, 3.8) is 0 Å². The van der Waals surface area contributed by atoms with Crippen molar-refractivity contribution in [2.75, 3.05) is 119 Å². The first-order valence-corrected chi connectivity index (χ1v) is 26.6. The van der Waals surface area contributed by atoms with Gasteiger partial charge < -0.3 is 57.5 Å². The summed E-state index contributed by atoms with van der Waals surface area (Å²) >= 11 is 1.72. The average molecular weight is 1040 g/mol. The van der Waals surface area contributed by atoms with Crippen LogP contribution in [0.1, 0.15) is 78.8 Å². The standard InChI is InChI=1S/C56H74N6O11S/c1-10-38-23-43-31-57-47-29-51(49(67-7)27-45(47)54(64)61(43)33-38)72-35-40-22-41(36-73-52-30-48-46(28-50(52)68-8)55(65)62-34-39(11-2)24-44(62)32-58-48)26-42(25-40)59(5)13-14-60(37-56(3,4)74-9)53(63)12-15-69-18-19-71-21-20-70-17-16-66-6/h10-11,22,25-32,43-44H,12-21,23-24,33-37H2,1-9H3/b38-10+,39-11+/t43-,44-/m0/s1. The molecule has 3 aromatic rings. The Hall–Kier alpha value is -5.92. The zero-order valence-electron chi connectivity index (χ0n) is 44.6. The number of hydrogen-bond acceptors (Lipinski definition) is 15. The van der Waals surface area contributed by atoms with Crippen molar-refractivity contribution in [2.24, 2.45) is 9.98 Å². The molecule has 0 aliphatic carbocycles. The summed E-state index contributed by atoms with van der Waals surface area (Å²) in [4.78, 5) is 58.8. The van der Waals surface area contributed by atoms with E-state index in [0.29, 0.717) is 118 Å². The molecule has 17 nitrogen and oxygen atoms in total. The third kappa shape index (κ3) is 14.3. The van der Waals surface area contributed by atoms with Crippen molar-refractivity contribution in [2.45, 2.75) is 77.0 Å². The zero-order chi connectivity index (χ0) is 52.8. The second kappa shape index (κ2) is 26.5. The third-order valence-electron chi connectivity index (χ3n) is 13.7. The van der Waals surface area contributed by atoms with Crippen molar-refractivity contribution in [1.29, 1.82) is 0 Å². The van der Waals surface area contributed by atoms with Crippen molar-refractivity contribution in [1.82, 2.24) is 14.7 Å². The van der Waals surface area contributed by atoms with Crippen molar-refractivity contribution >= 4 is 59.0 Å². The summed E-state index contributed by atoms with van der Waals surface area (Å²) in [6.45, 7) is 14.3. The maximum atomic E-state index is 13.8. The number of amides is 3. The van der Waals surface area contributed by atoms with E-state index >= 15 is 0 Å². The summed E-state index contributed by atoms with van der Waals surface area (Å²) in [5.74, 6) is 1.55. The Labute approximate surface area is 440 Å². The predicted octanol–water partition coefficient (Wildman–Crippen LogP) is 8.11. The highest BCUT2D eigenvalue weighted by Gasteiger charge is 2.36. The summed E-state index contributed by atoms with van der Waals surface area (Å²) in [5, 5.41) is 0. The summed E-state index contributed by atoms with van der Waals surface area (Å²) in [6, 6.07) is 12.9. The molecule has 4 heterocycles. The van der Waals surface area contributed by atoms with E-state index in [0.717, 1.165) is 29.7 Å². The molecule has 3 aromatic carbocycles. The molecule has 74 heavy (non-hydrogen) atoms. The van der Waals surface area contributed by atoms with Gasteiger partial charge in [0.1, 0.15) is 13.2 Å². The number of hydrogen-bond donors (Lipinski definition) is 0. The molecule has 3 amide bonds. The van der Waals surface area contributed by atoms with E-state index in [1.54, 1.807) is 57.4 Å². The Morgan fingerprint density at radius 3 is 1.64 bits per heavy atom. The van der Waals surface area contributed by atoms with Gasteiger partial charge in [0.05, 0.1) is 101 Å². The van der Waals surface area contributed by atoms with Gasteiger partial charge in [-0.25, -0.2) is 0 Å². The Morgan fingerprint density at radius 2 is 1.18 bits per heavy atom. The van der Waals surface area contributed by atoms with Crippen molar-refractivity contribution in [3.8, 4) is 23.0 Å². The quantitative estimate of drug-likeness (QED) is 0.0532. The van der Waals surface area contributed by atoms with Gasteiger partial charge in [0.2, 0.25) is 5.91 Å². The number of ether oxygens (including phenoxy) is 8. The molecule has 4 aliphatic rings. The van der Waals surface area contributed by atoms with Crippen molar-refractivity contribution in [3.05, 3.63) is 88.0 Å². The molecule has 0 spiro atoms. The molecule has 2 fully saturated rings. The molecule has 0 unspecified atom stereocenters. The Bertz CT molecular complexity index is 2450. The van der Waals surface area contributed by atoms with Gasteiger partial charge in [0, 0.05) is 81.9 Å². The van der Waals surface area contributed by atoms with Crippen LogP contribution in [-0.2, 0) is 37.0 Å². The number of thioether (sulfide) groups is 1. The molecule has 4 aliphatic heterocycles. The molecule has 2 saturated heterocycles. The molecule has 0 aromatic heterocycles. The third-order valence-corrected chi connectivity index (χ3v) is 14.9. The summed E-state index contributed by atoms with van der Waals surface area (Å²) in [5.41, 5.74) is 6.93. The lowest BCUT2D eigenvalue weighted by molar-refractivity contribution is -0.132. The molecular formula is C56H74N6O11S. The van der Waals surface area contributed by atoms with Gasteiger partial charge in [-0.2, -0.15) is 11.8 Å². The molecule has 18 heteroatoms. The fourth-order valence-corrected chi connectivity index (χ4v) is 9.48. The fourth-order valence-electron chi connectivity index (χ4n) is 9.20. The van der Waals surface area contributed by atoms with Crippen LogP contribution < -0.4 is 23.8 Å². The van der Waals surface area contributed by atoms with E-state index < -0.39 is 0 Å². The first-order valence-electron chi connectivity index (χ1n) is 25.4. The van der Waals surface area contributed by atoms with Gasteiger partial charge >= 0.3 is 0 Å². The number of fused-ring (bicyclic) bond motifs is 4. The van der Waals surface area contributed by atoms with Crippen molar-refractivity contribution < 1.29 is 52.3 Å². The predicted molar refractivity (Wildman–Crippen MR) is 290 cm³/mol. The Balaban J connectivity index is 1.09. The maximum Gasteiger partial charge on any atom is 0.257 e. The molecule has 0 N–H and O–H groups in total. The second-order valence-electron chi connectivity index (χ2n) is 19.3. The first kappa shape index (κ1) is 55.8. The minimum absolute atomic E-state index is 0.0107. The molecular weight excluding hydrogens is 965 g/mol. The normalized spacial score (nSPS) is 18.0. The summed E-state index contributed by atoms with van der Waals surface area (Å²) < 4.78 is 46.3. The minimum Gasteiger partial charge on any atom is -0.493 e. The number of anilines is 1. The summed E-state index contributed by atoms with van der Waals surface area (Å²) in [7, 11) is 6.76. The molecule has 2 atom stereocenters. The summed E-state index contributed by atoms with van der Waals surface area (Å²) in [6.07, 6.45) is 11.6. The van der Waals surface area contributed by atoms with E-state index in [4.69, 9.17) is 47.9 Å². The number of nitrogens with zero attached hydrogens (tertiary/aromatic N) is 6. The molecule has 400 valence electrons. The van der Waals surface area contributed by atoms with Crippen LogP contribution in [0.15, 0.2) is 75.7 Å². The number of carbonyl (C=O) groups is 3. The first-order chi connectivity index (χ1) is 35.8. The minimum atomic E-state index is -0.181. The van der Waals surface area contributed by atoms with Crippen LogP contribution in [0.5, 0.6) is 23.0 Å². The largest absolute Gasteiger partial charge is 0.493 e. The van der Waals surface area contributed by atoms with Crippen LogP contribution in [0.25, 0.3) is 0 Å². The van der Waals surface area contributed by atoms with Gasteiger partial charge in [0.25, 0.3) is 11.8 Å². The number of rotatable bonds is 27. The lowest BCUT2D eigenvalue weighted by Crippen LogP contribution is -2.44. The number of carbonyl (C=O) groups excluding carboxylic acids is 3. The zero-order valence-corrected chi connectivity index (χ0v) is 45.4. The highest BCUT2D eigenvalue weighted by Crippen LogP contribution is 2.41. The highest BCUT2D eigenvalue weighted by atomic mass is 32.2. The lowest BCUT2D eigenvalue weighted by atomic mass is 10.1. The molecule has 0 radical (unpaired) electrons. The van der Waals surface area contributed by atoms with E-state index in [2.05, 4.69) is 49.3 Å². The highest BCUT2D eigenvalue weighted by molar-refractivity contribution is 7.99. The van der Waals surface area contributed by atoms with E-state index in [-0.39, 0.29) is 60.8 Å².